The summed E-state index contributed by atoms with van der Waals surface area (Å²) in [6.45, 7) is 1.93. The van der Waals surface area contributed by atoms with Crippen LogP contribution in [0.3, 0.4) is 0 Å². The van der Waals surface area contributed by atoms with E-state index in [4.69, 9.17) is 4.74 Å². The Balaban J connectivity index is 2.32. The number of esters is 1. The van der Waals surface area contributed by atoms with Crippen LogP contribution in [0.2, 0.25) is 0 Å². The Morgan fingerprint density at radius 1 is 1.47 bits per heavy atom. The van der Waals surface area contributed by atoms with Gasteiger partial charge >= 0.3 is 5.97 Å². The number of methoxy groups -OCH3 is 1. The maximum Gasteiger partial charge on any atom is 0.338 e. The van der Waals surface area contributed by atoms with Crippen molar-refractivity contribution in [1.82, 2.24) is 9.97 Å². The second-order valence-electron chi connectivity index (χ2n) is 3.83. The van der Waals surface area contributed by atoms with Gasteiger partial charge in [-0.25, -0.2) is 9.78 Å². The van der Waals surface area contributed by atoms with Gasteiger partial charge in [0.1, 0.15) is 0 Å². The SMILES string of the molecule is COC(=O)c1cccc(Cc2cnc[nH]2)c1C. The van der Waals surface area contributed by atoms with Crippen LogP contribution in [0.5, 0.6) is 0 Å². The highest BCUT2D eigenvalue weighted by atomic mass is 16.5. The monoisotopic (exact) mass is 230 g/mol. The second kappa shape index (κ2) is 4.82. The zero-order chi connectivity index (χ0) is 12.3. The van der Waals surface area contributed by atoms with Crippen molar-refractivity contribution < 1.29 is 9.53 Å². The second-order valence-corrected chi connectivity index (χ2v) is 3.83. The topological polar surface area (TPSA) is 55.0 Å². The van der Waals surface area contributed by atoms with Crippen LogP contribution in [0.1, 0.15) is 27.2 Å². The number of aromatic amines is 1. The molecule has 0 bridgehead atoms. The quantitative estimate of drug-likeness (QED) is 0.821. The van der Waals surface area contributed by atoms with Gasteiger partial charge in [0, 0.05) is 18.3 Å². The number of carbonyl (C=O) groups excluding carboxylic acids is 1. The maximum atomic E-state index is 11.5. The molecule has 4 nitrogen and oxygen atoms in total. The molecule has 0 radical (unpaired) electrons. The van der Waals surface area contributed by atoms with E-state index < -0.39 is 0 Å². The van der Waals surface area contributed by atoms with Crippen molar-refractivity contribution in [2.45, 2.75) is 13.3 Å². The van der Waals surface area contributed by atoms with Crippen molar-refractivity contribution in [2.75, 3.05) is 7.11 Å². The summed E-state index contributed by atoms with van der Waals surface area (Å²) in [5.41, 5.74) is 3.69. The van der Waals surface area contributed by atoms with Gasteiger partial charge in [-0.3, -0.25) is 0 Å². The number of carbonyl (C=O) groups is 1. The average Bonchev–Trinajstić information content (AvgIpc) is 2.84. The highest BCUT2D eigenvalue weighted by Crippen LogP contribution is 2.17. The van der Waals surface area contributed by atoms with Crippen LogP contribution < -0.4 is 0 Å². The fourth-order valence-corrected chi connectivity index (χ4v) is 1.79. The van der Waals surface area contributed by atoms with E-state index >= 15 is 0 Å². The lowest BCUT2D eigenvalue weighted by Crippen LogP contribution is -2.06. The molecular formula is C13H14N2O2. The summed E-state index contributed by atoms with van der Waals surface area (Å²) >= 11 is 0. The fraction of sp³-hybridized carbons (Fsp3) is 0.231. The number of aromatic nitrogens is 2. The zero-order valence-electron chi connectivity index (χ0n) is 9.86. The van der Waals surface area contributed by atoms with E-state index in [0.29, 0.717) is 5.56 Å². The van der Waals surface area contributed by atoms with Crippen molar-refractivity contribution in [3.63, 3.8) is 0 Å². The van der Waals surface area contributed by atoms with E-state index in [-0.39, 0.29) is 5.97 Å². The fourth-order valence-electron chi connectivity index (χ4n) is 1.79. The normalized spacial score (nSPS) is 10.2. The highest BCUT2D eigenvalue weighted by molar-refractivity contribution is 5.91. The third-order valence-electron chi connectivity index (χ3n) is 2.79. The maximum absolute atomic E-state index is 11.5. The molecule has 0 amide bonds. The predicted octanol–water partition coefficient (Wildman–Crippen LogP) is 2.10. The average molecular weight is 230 g/mol. The standard InChI is InChI=1S/C13H14N2O2/c1-9-10(6-11-7-14-8-15-11)4-3-5-12(9)13(16)17-2/h3-5,7-8H,6H2,1-2H3,(H,14,15). The molecule has 1 N–H and O–H groups in total. The molecule has 1 heterocycles. The summed E-state index contributed by atoms with van der Waals surface area (Å²) in [4.78, 5) is 18.6. The number of nitrogens with one attached hydrogen (secondary N) is 1. The molecule has 4 heteroatoms. The Labute approximate surface area is 99.7 Å². The minimum Gasteiger partial charge on any atom is -0.465 e. The highest BCUT2D eigenvalue weighted by Gasteiger charge is 2.11. The number of nitrogens with zero attached hydrogens (tertiary/aromatic N) is 1. The van der Waals surface area contributed by atoms with Gasteiger partial charge in [0.05, 0.1) is 19.0 Å². The number of imidazole rings is 1. The Morgan fingerprint density at radius 3 is 2.94 bits per heavy atom. The number of benzene rings is 1. The zero-order valence-corrected chi connectivity index (χ0v) is 9.86. The van der Waals surface area contributed by atoms with Crippen molar-refractivity contribution in [2.24, 2.45) is 0 Å². The van der Waals surface area contributed by atoms with E-state index in [1.807, 2.05) is 19.1 Å². The number of ether oxygens (including phenoxy) is 1. The summed E-state index contributed by atoms with van der Waals surface area (Å²) < 4.78 is 4.75. The minimum absolute atomic E-state index is 0.297. The van der Waals surface area contributed by atoms with Crippen molar-refractivity contribution >= 4 is 5.97 Å². The van der Waals surface area contributed by atoms with Crippen LogP contribution in [0.15, 0.2) is 30.7 Å². The molecule has 1 aromatic heterocycles. The first-order valence-electron chi connectivity index (χ1n) is 5.36. The van der Waals surface area contributed by atoms with Gasteiger partial charge in [-0.1, -0.05) is 12.1 Å². The van der Waals surface area contributed by atoms with Crippen LogP contribution in [-0.4, -0.2) is 23.0 Å². The van der Waals surface area contributed by atoms with E-state index in [1.54, 1.807) is 18.6 Å². The third kappa shape index (κ3) is 2.36. The van der Waals surface area contributed by atoms with Crippen molar-refractivity contribution in [3.8, 4) is 0 Å². The molecule has 17 heavy (non-hydrogen) atoms. The largest absolute Gasteiger partial charge is 0.465 e. The molecule has 0 saturated carbocycles. The number of rotatable bonds is 3. The van der Waals surface area contributed by atoms with E-state index in [0.717, 1.165) is 23.2 Å². The molecule has 0 unspecified atom stereocenters. The van der Waals surface area contributed by atoms with Crippen LogP contribution in [0, 0.1) is 6.92 Å². The Morgan fingerprint density at radius 2 is 2.29 bits per heavy atom. The summed E-state index contributed by atoms with van der Waals surface area (Å²) in [6, 6.07) is 5.64. The molecule has 0 saturated heterocycles. The predicted molar refractivity (Wildman–Crippen MR) is 63.9 cm³/mol. The molecule has 1 aromatic carbocycles. The lowest BCUT2D eigenvalue weighted by atomic mass is 9.99. The molecule has 2 aromatic rings. The Hall–Kier alpha value is -2.10. The number of H-pyrrole nitrogens is 1. The first-order chi connectivity index (χ1) is 8.22. The number of hydrogen-bond acceptors (Lipinski definition) is 3. The smallest absolute Gasteiger partial charge is 0.338 e. The van der Waals surface area contributed by atoms with Gasteiger partial charge in [-0.15, -0.1) is 0 Å². The van der Waals surface area contributed by atoms with Crippen LogP contribution in [0.25, 0.3) is 0 Å². The third-order valence-corrected chi connectivity index (χ3v) is 2.79. The molecule has 0 spiro atoms. The first-order valence-corrected chi connectivity index (χ1v) is 5.36. The molecular weight excluding hydrogens is 216 g/mol. The van der Waals surface area contributed by atoms with Gasteiger partial charge in [-0.2, -0.15) is 0 Å². The first kappa shape index (κ1) is 11.4. The molecule has 0 aliphatic heterocycles. The van der Waals surface area contributed by atoms with E-state index in [9.17, 15) is 4.79 Å². The molecule has 88 valence electrons. The molecule has 0 fully saturated rings. The van der Waals surface area contributed by atoms with Crippen molar-refractivity contribution in [1.29, 1.82) is 0 Å². The molecule has 0 atom stereocenters. The Kier molecular flexibility index (Phi) is 3.23. The summed E-state index contributed by atoms with van der Waals surface area (Å²) in [5, 5.41) is 0. The van der Waals surface area contributed by atoms with Gasteiger partial charge < -0.3 is 9.72 Å². The lowest BCUT2D eigenvalue weighted by molar-refractivity contribution is 0.0600. The summed E-state index contributed by atoms with van der Waals surface area (Å²) in [5.74, 6) is -0.297. The molecule has 2 rings (SSSR count). The van der Waals surface area contributed by atoms with Gasteiger partial charge in [0.2, 0.25) is 0 Å². The number of hydrogen-bond donors (Lipinski definition) is 1. The minimum atomic E-state index is -0.297. The van der Waals surface area contributed by atoms with E-state index in [1.165, 1.54) is 7.11 Å². The van der Waals surface area contributed by atoms with E-state index in [2.05, 4.69) is 9.97 Å². The van der Waals surface area contributed by atoms with Gasteiger partial charge in [-0.05, 0) is 24.1 Å². The lowest BCUT2D eigenvalue weighted by Gasteiger charge is -2.08. The Bertz CT molecular complexity index is 518. The van der Waals surface area contributed by atoms with Gasteiger partial charge in [0.15, 0.2) is 0 Å². The van der Waals surface area contributed by atoms with Gasteiger partial charge in [0.25, 0.3) is 0 Å². The van der Waals surface area contributed by atoms with Crippen LogP contribution in [-0.2, 0) is 11.2 Å². The molecule has 0 aliphatic rings. The summed E-state index contributed by atoms with van der Waals surface area (Å²) in [7, 11) is 1.39. The summed E-state index contributed by atoms with van der Waals surface area (Å²) in [6.07, 6.45) is 4.16. The van der Waals surface area contributed by atoms with Crippen molar-refractivity contribution in [3.05, 3.63) is 53.1 Å². The van der Waals surface area contributed by atoms with Crippen LogP contribution >= 0.6 is 0 Å². The van der Waals surface area contributed by atoms with Crippen LogP contribution in [0.4, 0.5) is 0 Å². The molecule has 0 aliphatic carbocycles.